The normalized spacial score (nSPS) is 14.4. The summed E-state index contributed by atoms with van der Waals surface area (Å²) in [7, 11) is 0. The number of nitrogens with one attached hydrogen (secondary N) is 1. The summed E-state index contributed by atoms with van der Waals surface area (Å²) in [6, 6.07) is 5.95. The van der Waals surface area contributed by atoms with Crippen molar-refractivity contribution in [1.82, 2.24) is 4.90 Å². The summed E-state index contributed by atoms with van der Waals surface area (Å²) in [6.07, 6.45) is 2.28. The molecule has 0 heterocycles. The lowest BCUT2D eigenvalue weighted by Crippen LogP contribution is -2.37. The van der Waals surface area contributed by atoms with Crippen LogP contribution in [0, 0.1) is 0 Å². The van der Waals surface area contributed by atoms with Gasteiger partial charge in [0, 0.05) is 22.1 Å². The van der Waals surface area contributed by atoms with Gasteiger partial charge >= 0.3 is 0 Å². The molecule has 0 radical (unpaired) electrons. The third-order valence-electron chi connectivity index (χ3n) is 3.01. The van der Waals surface area contributed by atoms with Crippen molar-refractivity contribution in [2.45, 2.75) is 25.8 Å². The number of halogens is 2. The van der Waals surface area contributed by atoms with Crippen molar-refractivity contribution in [2.24, 2.45) is 0 Å². The highest BCUT2D eigenvalue weighted by molar-refractivity contribution is 9.10. The van der Waals surface area contributed by atoms with Gasteiger partial charge in [-0.25, -0.2) is 0 Å². The van der Waals surface area contributed by atoms with Crippen LogP contribution < -0.4 is 5.32 Å². The van der Waals surface area contributed by atoms with Crippen LogP contribution >= 0.6 is 27.5 Å². The van der Waals surface area contributed by atoms with E-state index in [4.69, 9.17) is 11.6 Å². The summed E-state index contributed by atoms with van der Waals surface area (Å²) in [4.78, 5) is 14.0. The molecule has 1 aliphatic rings. The van der Waals surface area contributed by atoms with Crippen LogP contribution in [-0.4, -0.2) is 29.9 Å². The van der Waals surface area contributed by atoms with E-state index in [1.807, 2.05) is 24.0 Å². The summed E-state index contributed by atoms with van der Waals surface area (Å²) in [5.41, 5.74) is 0.850. The minimum absolute atomic E-state index is 0.145. The maximum atomic E-state index is 12.0. The summed E-state index contributed by atoms with van der Waals surface area (Å²) in [6.45, 7) is 3.11. The summed E-state index contributed by atoms with van der Waals surface area (Å²) >= 11 is 9.36. The number of carbonyl (C=O) groups excluding carboxylic acids is 1. The van der Waals surface area contributed by atoms with E-state index in [0.29, 0.717) is 17.6 Å². The molecule has 3 nitrogen and oxygen atoms in total. The van der Waals surface area contributed by atoms with E-state index in [1.54, 1.807) is 6.07 Å². The number of amides is 1. The average molecular weight is 332 g/mol. The van der Waals surface area contributed by atoms with Crippen molar-refractivity contribution in [1.29, 1.82) is 0 Å². The third-order valence-corrected chi connectivity index (χ3v) is 3.93. The molecule has 18 heavy (non-hydrogen) atoms. The van der Waals surface area contributed by atoms with E-state index in [0.717, 1.165) is 29.5 Å². The molecule has 0 spiro atoms. The first-order valence-electron chi connectivity index (χ1n) is 6.10. The van der Waals surface area contributed by atoms with Gasteiger partial charge in [-0.05, 0) is 53.9 Å². The zero-order valence-electron chi connectivity index (χ0n) is 10.2. The summed E-state index contributed by atoms with van der Waals surface area (Å²) in [5, 5.41) is 3.78. The van der Waals surface area contributed by atoms with Crippen molar-refractivity contribution in [3.05, 3.63) is 27.7 Å². The monoisotopic (exact) mass is 330 g/mol. The number of anilines is 1. The average Bonchev–Trinajstić information content (AvgIpc) is 3.16. The van der Waals surface area contributed by atoms with Crippen molar-refractivity contribution >= 4 is 39.1 Å². The molecule has 0 aliphatic heterocycles. The summed E-state index contributed by atoms with van der Waals surface area (Å²) in [5.74, 6) is 0.145. The maximum Gasteiger partial charge on any atom is 0.242 e. The van der Waals surface area contributed by atoms with E-state index < -0.39 is 0 Å². The van der Waals surface area contributed by atoms with Gasteiger partial charge < -0.3 is 10.2 Å². The van der Waals surface area contributed by atoms with Crippen LogP contribution in [0.15, 0.2) is 22.7 Å². The first-order valence-corrected chi connectivity index (χ1v) is 7.27. The maximum absolute atomic E-state index is 12.0. The number of hydrogen-bond donors (Lipinski definition) is 1. The van der Waals surface area contributed by atoms with Crippen molar-refractivity contribution in [3.8, 4) is 0 Å². The Balaban J connectivity index is 1.94. The zero-order chi connectivity index (χ0) is 13.1. The van der Waals surface area contributed by atoms with Gasteiger partial charge in [0.05, 0.1) is 12.2 Å². The van der Waals surface area contributed by atoms with Crippen LogP contribution in [0.1, 0.15) is 19.8 Å². The van der Waals surface area contributed by atoms with Crippen LogP contribution in [0.25, 0.3) is 0 Å². The van der Waals surface area contributed by atoms with Crippen LogP contribution in [0.5, 0.6) is 0 Å². The highest BCUT2D eigenvalue weighted by Crippen LogP contribution is 2.28. The van der Waals surface area contributed by atoms with Gasteiger partial charge in [-0.3, -0.25) is 4.79 Å². The molecule has 0 bridgehead atoms. The SMILES string of the molecule is CCN(C(=O)CNc1cc(Cl)ccc1Br)C1CC1. The molecule has 1 aromatic rings. The van der Waals surface area contributed by atoms with Crippen molar-refractivity contribution in [3.63, 3.8) is 0 Å². The molecule has 1 aromatic carbocycles. The molecule has 0 saturated heterocycles. The topological polar surface area (TPSA) is 32.3 Å². The molecule has 5 heteroatoms. The lowest BCUT2D eigenvalue weighted by molar-refractivity contribution is -0.129. The number of likely N-dealkylation sites (N-methyl/N-ethyl adjacent to an activating group) is 1. The number of nitrogens with zero attached hydrogens (tertiary/aromatic N) is 1. The van der Waals surface area contributed by atoms with Gasteiger partial charge in [0.25, 0.3) is 0 Å². The Morgan fingerprint density at radius 2 is 2.28 bits per heavy atom. The second kappa shape index (κ2) is 5.93. The number of rotatable bonds is 5. The van der Waals surface area contributed by atoms with Gasteiger partial charge in [-0.1, -0.05) is 11.6 Å². The van der Waals surface area contributed by atoms with E-state index >= 15 is 0 Å². The first-order chi connectivity index (χ1) is 8.61. The quantitative estimate of drug-likeness (QED) is 0.895. The molecule has 1 fully saturated rings. The highest BCUT2D eigenvalue weighted by Gasteiger charge is 2.30. The number of benzene rings is 1. The molecular formula is C13H16BrClN2O. The van der Waals surface area contributed by atoms with Crippen LogP contribution in [-0.2, 0) is 4.79 Å². The Morgan fingerprint density at radius 1 is 1.56 bits per heavy atom. The number of hydrogen-bond acceptors (Lipinski definition) is 2. The molecule has 1 saturated carbocycles. The highest BCUT2D eigenvalue weighted by atomic mass is 79.9. The van der Waals surface area contributed by atoms with Crippen LogP contribution in [0.2, 0.25) is 5.02 Å². The molecule has 98 valence electrons. The molecule has 1 N–H and O–H groups in total. The first kappa shape index (κ1) is 13.7. The zero-order valence-corrected chi connectivity index (χ0v) is 12.6. The van der Waals surface area contributed by atoms with Crippen molar-refractivity contribution < 1.29 is 4.79 Å². The molecule has 0 atom stereocenters. The second-order valence-corrected chi connectivity index (χ2v) is 5.68. The van der Waals surface area contributed by atoms with E-state index in [2.05, 4.69) is 21.2 Å². The fraction of sp³-hybridized carbons (Fsp3) is 0.462. The van der Waals surface area contributed by atoms with Gasteiger partial charge in [0.2, 0.25) is 5.91 Å². The van der Waals surface area contributed by atoms with Gasteiger partial charge in [0.15, 0.2) is 0 Å². The van der Waals surface area contributed by atoms with Gasteiger partial charge in [-0.15, -0.1) is 0 Å². The van der Waals surface area contributed by atoms with Crippen molar-refractivity contribution in [2.75, 3.05) is 18.4 Å². The Bertz CT molecular complexity index is 449. The fourth-order valence-electron chi connectivity index (χ4n) is 1.93. The van der Waals surface area contributed by atoms with E-state index in [9.17, 15) is 4.79 Å². The minimum atomic E-state index is 0.145. The molecule has 0 unspecified atom stereocenters. The lowest BCUT2D eigenvalue weighted by Gasteiger charge is -2.21. The predicted octanol–water partition coefficient (Wildman–Crippen LogP) is 3.53. The third kappa shape index (κ3) is 3.39. The van der Waals surface area contributed by atoms with Gasteiger partial charge in [0.1, 0.15) is 0 Å². The molecule has 1 aliphatic carbocycles. The smallest absolute Gasteiger partial charge is 0.242 e. The molecule has 0 aromatic heterocycles. The Hall–Kier alpha value is -0.740. The predicted molar refractivity (Wildman–Crippen MR) is 78.1 cm³/mol. The Labute approximate surface area is 121 Å². The lowest BCUT2D eigenvalue weighted by atomic mass is 10.3. The fourth-order valence-corrected chi connectivity index (χ4v) is 2.49. The Morgan fingerprint density at radius 3 is 2.89 bits per heavy atom. The van der Waals surface area contributed by atoms with Crippen LogP contribution in [0.4, 0.5) is 5.69 Å². The van der Waals surface area contributed by atoms with E-state index in [1.165, 1.54) is 0 Å². The van der Waals surface area contributed by atoms with Gasteiger partial charge in [-0.2, -0.15) is 0 Å². The largest absolute Gasteiger partial charge is 0.375 e. The molecule has 1 amide bonds. The Kier molecular flexibility index (Phi) is 4.51. The second-order valence-electron chi connectivity index (χ2n) is 4.39. The molecule has 2 rings (SSSR count). The minimum Gasteiger partial charge on any atom is -0.375 e. The van der Waals surface area contributed by atoms with Crippen LogP contribution in [0.3, 0.4) is 0 Å². The van der Waals surface area contributed by atoms with E-state index in [-0.39, 0.29) is 5.91 Å². The number of carbonyl (C=O) groups is 1. The standard InChI is InChI=1S/C13H16BrClN2O/c1-2-17(10-4-5-10)13(18)8-16-12-7-9(15)3-6-11(12)14/h3,6-7,10,16H,2,4-5,8H2,1H3. The summed E-state index contributed by atoms with van der Waals surface area (Å²) < 4.78 is 0.911. The molecular weight excluding hydrogens is 316 g/mol.